The Kier molecular flexibility index (Phi) is 3.69. The van der Waals surface area contributed by atoms with Crippen LogP contribution in [0, 0.1) is 5.41 Å². The van der Waals surface area contributed by atoms with Crippen LogP contribution in [0.2, 0.25) is 0 Å². The van der Waals surface area contributed by atoms with Crippen molar-refractivity contribution in [3.05, 3.63) is 0 Å². The van der Waals surface area contributed by atoms with E-state index in [-0.39, 0.29) is 5.78 Å². The first-order valence-corrected chi connectivity index (χ1v) is 3.53. The minimum absolute atomic E-state index is 0.0394. The molecule has 0 aromatic heterocycles. The number of rotatable bonds is 3. The predicted octanol–water partition coefficient (Wildman–Crippen LogP) is 1.22. The zero-order valence-corrected chi connectivity index (χ0v) is 7.80. The normalized spacial score (nSPS) is 12.2. The molecule has 0 heterocycles. The van der Waals surface area contributed by atoms with Gasteiger partial charge in [-0.2, -0.15) is 0 Å². The SMILES string of the molecule is COC(OC)C(=O)C(C)(C)C. The zero-order valence-electron chi connectivity index (χ0n) is 7.80. The maximum atomic E-state index is 11.4. The first kappa shape index (κ1) is 10.6. The van der Waals surface area contributed by atoms with E-state index in [9.17, 15) is 4.79 Å². The molecule has 3 nitrogen and oxygen atoms in total. The van der Waals surface area contributed by atoms with Crippen LogP contribution in [0.1, 0.15) is 20.8 Å². The summed E-state index contributed by atoms with van der Waals surface area (Å²) in [5.74, 6) is -0.0394. The summed E-state index contributed by atoms with van der Waals surface area (Å²) in [6.45, 7) is 5.50. The molecule has 0 fully saturated rings. The number of hydrogen-bond acceptors (Lipinski definition) is 3. The van der Waals surface area contributed by atoms with E-state index < -0.39 is 11.7 Å². The number of ketones is 1. The maximum Gasteiger partial charge on any atom is 0.217 e. The second-order valence-electron chi connectivity index (χ2n) is 3.42. The number of methoxy groups -OCH3 is 2. The van der Waals surface area contributed by atoms with E-state index in [1.54, 1.807) is 0 Å². The topological polar surface area (TPSA) is 35.5 Å². The Hall–Kier alpha value is -0.410. The van der Waals surface area contributed by atoms with Gasteiger partial charge >= 0.3 is 0 Å². The van der Waals surface area contributed by atoms with Crippen molar-refractivity contribution in [2.24, 2.45) is 5.41 Å². The molecule has 0 bridgehead atoms. The fraction of sp³-hybridized carbons (Fsp3) is 0.875. The van der Waals surface area contributed by atoms with Gasteiger partial charge in [-0.25, -0.2) is 0 Å². The Bertz CT molecular complexity index is 131. The van der Waals surface area contributed by atoms with Gasteiger partial charge < -0.3 is 9.47 Å². The Morgan fingerprint density at radius 3 is 1.64 bits per heavy atom. The lowest BCUT2D eigenvalue weighted by Gasteiger charge is -2.21. The Morgan fingerprint density at radius 1 is 1.18 bits per heavy atom. The van der Waals surface area contributed by atoms with Crippen molar-refractivity contribution < 1.29 is 14.3 Å². The molecular formula is C8H16O3. The van der Waals surface area contributed by atoms with Crippen LogP contribution in [-0.4, -0.2) is 26.3 Å². The molecule has 0 rings (SSSR count). The third kappa shape index (κ3) is 2.99. The van der Waals surface area contributed by atoms with E-state index in [1.807, 2.05) is 20.8 Å². The smallest absolute Gasteiger partial charge is 0.217 e. The van der Waals surface area contributed by atoms with Gasteiger partial charge in [-0.05, 0) is 0 Å². The van der Waals surface area contributed by atoms with E-state index in [1.165, 1.54) is 14.2 Å². The van der Waals surface area contributed by atoms with E-state index >= 15 is 0 Å². The molecule has 0 aromatic carbocycles. The third-order valence-electron chi connectivity index (χ3n) is 1.38. The van der Waals surface area contributed by atoms with Crippen molar-refractivity contribution in [2.45, 2.75) is 27.1 Å². The van der Waals surface area contributed by atoms with Crippen LogP contribution in [0.25, 0.3) is 0 Å². The van der Waals surface area contributed by atoms with Crippen molar-refractivity contribution in [3.8, 4) is 0 Å². The van der Waals surface area contributed by atoms with Gasteiger partial charge in [-0.15, -0.1) is 0 Å². The largest absolute Gasteiger partial charge is 0.349 e. The molecule has 0 saturated carbocycles. The summed E-state index contributed by atoms with van der Waals surface area (Å²) in [7, 11) is 2.91. The van der Waals surface area contributed by atoms with Crippen molar-refractivity contribution in [1.82, 2.24) is 0 Å². The van der Waals surface area contributed by atoms with Crippen molar-refractivity contribution in [3.63, 3.8) is 0 Å². The monoisotopic (exact) mass is 160 g/mol. The summed E-state index contributed by atoms with van der Waals surface area (Å²) in [5, 5.41) is 0. The number of ether oxygens (including phenoxy) is 2. The highest BCUT2D eigenvalue weighted by Crippen LogP contribution is 2.18. The number of carbonyl (C=O) groups excluding carboxylic acids is 1. The molecular weight excluding hydrogens is 144 g/mol. The molecule has 0 aliphatic heterocycles. The quantitative estimate of drug-likeness (QED) is 0.582. The van der Waals surface area contributed by atoms with E-state index in [4.69, 9.17) is 9.47 Å². The fourth-order valence-corrected chi connectivity index (χ4v) is 0.664. The van der Waals surface area contributed by atoms with Crippen LogP contribution >= 0.6 is 0 Å². The zero-order chi connectivity index (χ0) is 9.07. The standard InChI is InChI=1S/C8H16O3/c1-8(2,3)6(9)7(10-4)11-5/h7H,1-5H3. The minimum Gasteiger partial charge on any atom is -0.349 e. The summed E-state index contributed by atoms with van der Waals surface area (Å²) >= 11 is 0. The van der Waals surface area contributed by atoms with Gasteiger partial charge in [0.2, 0.25) is 6.29 Å². The molecule has 0 aliphatic carbocycles. The molecule has 0 aromatic rings. The molecule has 3 heteroatoms. The lowest BCUT2D eigenvalue weighted by molar-refractivity contribution is -0.164. The number of hydrogen-bond donors (Lipinski definition) is 0. The Morgan fingerprint density at radius 2 is 1.55 bits per heavy atom. The molecule has 0 N–H and O–H groups in total. The third-order valence-corrected chi connectivity index (χ3v) is 1.38. The van der Waals surface area contributed by atoms with Gasteiger partial charge in [0.25, 0.3) is 0 Å². The first-order valence-electron chi connectivity index (χ1n) is 3.53. The lowest BCUT2D eigenvalue weighted by atomic mass is 9.90. The Balaban J connectivity index is 4.22. The highest BCUT2D eigenvalue weighted by Gasteiger charge is 2.29. The van der Waals surface area contributed by atoms with Gasteiger partial charge in [0.05, 0.1) is 0 Å². The number of Topliss-reactive ketones (excluding diaryl/α,β-unsaturated/α-hetero) is 1. The maximum absolute atomic E-state index is 11.4. The second kappa shape index (κ2) is 3.83. The van der Waals surface area contributed by atoms with Crippen LogP contribution in [-0.2, 0) is 14.3 Å². The van der Waals surface area contributed by atoms with Crippen LogP contribution in [0.3, 0.4) is 0 Å². The molecule has 0 aliphatic rings. The molecule has 11 heavy (non-hydrogen) atoms. The average molecular weight is 160 g/mol. The lowest BCUT2D eigenvalue weighted by Crippen LogP contribution is -2.35. The molecule has 0 spiro atoms. The summed E-state index contributed by atoms with van der Waals surface area (Å²) in [6, 6.07) is 0. The van der Waals surface area contributed by atoms with Gasteiger partial charge in [-0.3, -0.25) is 4.79 Å². The fourth-order valence-electron chi connectivity index (χ4n) is 0.664. The van der Waals surface area contributed by atoms with Crippen molar-refractivity contribution in [2.75, 3.05) is 14.2 Å². The van der Waals surface area contributed by atoms with Gasteiger partial charge in [0.1, 0.15) is 0 Å². The van der Waals surface area contributed by atoms with Crippen molar-refractivity contribution in [1.29, 1.82) is 0 Å². The summed E-state index contributed by atoms with van der Waals surface area (Å²) in [4.78, 5) is 11.4. The molecule has 0 unspecified atom stereocenters. The first-order chi connectivity index (χ1) is 4.93. The molecule has 0 atom stereocenters. The predicted molar refractivity (Wildman–Crippen MR) is 42.3 cm³/mol. The highest BCUT2D eigenvalue weighted by atomic mass is 16.7. The van der Waals surface area contributed by atoms with Crippen LogP contribution in [0.15, 0.2) is 0 Å². The second-order valence-corrected chi connectivity index (χ2v) is 3.42. The van der Waals surface area contributed by atoms with E-state index in [2.05, 4.69) is 0 Å². The van der Waals surface area contributed by atoms with Gasteiger partial charge in [0, 0.05) is 19.6 Å². The van der Waals surface area contributed by atoms with Crippen LogP contribution < -0.4 is 0 Å². The average Bonchev–Trinajstić information content (AvgIpc) is 1.88. The highest BCUT2D eigenvalue weighted by molar-refractivity contribution is 5.86. The van der Waals surface area contributed by atoms with Crippen molar-refractivity contribution >= 4 is 5.78 Å². The molecule has 0 radical (unpaired) electrons. The molecule has 66 valence electrons. The van der Waals surface area contributed by atoms with Gasteiger partial charge in [-0.1, -0.05) is 20.8 Å². The minimum atomic E-state index is -0.727. The molecule has 0 amide bonds. The van der Waals surface area contributed by atoms with Crippen LogP contribution in [0.5, 0.6) is 0 Å². The van der Waals surface area contributed by atoms with E-state index in [0.717, 1.165) is 0 Å². The summed E-state index contributed by atoms with van der Waals surface area (Å²) < 4.78 is 9.63. The molecule has 0 saturated heterocycles. The Labute approximate surface area is 67.7 Å². The van der Waals surface area contributed by atoms with Crippen LogP contribution in [0.4, 0.5) is 0 Å². The summed E-state index contributed by atoms with van der Waals surface area (Å²) in [5.41, 5.74) is -0.406. The summed E-state index contributed by atoms with van der Waals surface area (Å²) in [6.07, 6.45) is -0.727. The van der Waals surface area contributed by atoms with Gasteiger partial charge in [0.15, 0.2) is 5.78 Å². The van der Waals surface area contributed by atoms with E-state index in [0.29, 0.717) is 0 Å². The number of carbonyl (C=O) groups is 1.